The fourth-order valence-electron chi connectivity index (χ4n) is 2.58. The predicted molar refractivity (Wildman–Crippen MR) is 90.8 cm³/mol. The third-order valence-corrected chi connectivity index (χ3v) is 5.48. The third-order valence-electron chi connectivity index (χ3n) is 3.85. The molecule has 1 unspecified atom stereocenters. The largest absolute Gasteiger partial charge is 0.477 e. The van der Waals surface area contributed by atoms with Crippen LogP contribution in [0.15, 0.2) is 41.6 Å². The summed E-state index contributed by atoms with van der Waals surface area (Å²) in [5.41, 5.74) is 8.33. The zero-order valence-electron chi connectivity index (χ0n) is 12.1. The van der Waals surface area contributed by atoms with Gasteiger partial charge in [-0.3, -0.25) is 9.69 Å². The van der Waals surface area contributed by atoms with E-state index in [1.807, 2.05) is 30.3 Å². The molecule has 0 aromatic heterocycles. The molecular weight excluding hydrogens is 336 g/mol. The van der Waals surface area contributed by atoms with Crippen LogP contribution in [-0.4, -0.2) is 39.1 Å². The number of amides is 1. The highest BCUT2D eigenvalue weighted by molar-refractivity contribution is 8.00. The van der Waals surface area contributed by atoms with Crippen molar-refractivity contribution < 1.29 is 14.7 Å². The van der Waals surface area contributed by atoms with Crippen molar-refractivity contribution in [1.29, 1.82) is 0 Å². The maximum absolute atomic E-state index is 11.9. The summed E-state index contributed by atoms with van der Waals surface area (Å²) in [6.45, 7) is 0. The smallest absolute Gasteiger partial charge is 0.352 e. The van der Waals surface area contributed by atoms with Crippen molar-refractivity contribution in [3.05, 3.63) is 52.7 Å². The molecule has 1 amide bonds. The summed E-state index contributed by atoms with van der Waals surface area (Å²) in [6.07, 6.45) is 3.58. The predicted octanol–water partition coefficient (Wildman–Crippen LogP) is 2.02. The average molecular weight is 351 g/mol. The lowest BCUT2D eigenvalue weighted by atomic mass is 10.0. The lowest BCUT2D eigenvalue weighted by Crippen LogP contribution is -2.68. The number of carbonyl (C=O) groups excluding carboxylic acids is 1. The van der Waals surface area contributed by atoms with Crippen molar-refractivity contribution in [2.75, 3.05) is 5.75 Å². The number of hydrogen-bond donors (Lipinski definition) is 2. The number of hydrogen-bond acceptors (Lipinski definition) is 4. The number of alkyl halides is 1. The topological polar surface area (TPSA) is 83.6 Å². The second kappa shape index (κ2) is 6.39. The standard InChI is InChI=1S/C16H15ClN2O3S/c17-7-10-3-1-9(2-4-10)5-6-11-8-23-15-12(18)14(20)19(15)13(11)16(21)22/h1-6,12,15H,7-8,18H2,(H,21,22)/t12?,15-/m0/s1. The Bertz CT molecular complexity index is 715. The fraction of sp³-hybridized carbons (Fsp3) is 0.250. The van der Waals surface area contributed by atoms with E-state index < -0.39 is 12.0 Å². The first kappa shape index (κ1) is 16.1. The lowest BCUT2D eigenvalue weighted by Gasteiger charge is -2.47. The van der Waals surface area contributed by atoms with E-state index in [4.69, 9.17) is 17.3 Å². The van der Waals surface area contributed by atoms with Gasteiger partial charge in [0.15, 0.2) is 0 Å². The van der Waals surface area contributed by atoms with Crippen LogP contribution >= 0.6 is 23.4 Å². The van der Waals surface area contributed by atoms with Gasteiger partial charge in [-0.25, -0.2) is 4.79 Å². The summed E-state index contributed by atoms with van der Waals surface area (Å²) in [4.78, 5) is 24.7. The summed E-state index contributed by atoms with van der Waals surface area (Å²) in [5, 5.41) is 9.18. The van der Waals surface area contributed by atoms with Crippen molar-refractivity contribution in [2.24, 2.45) is 5.73 Å². The molecular formula is C16H15ClN2O3S. The summed E-state index contributed by atoms with van der Waals surface area (Å²) >= 11 is 7.24. The van der Waals surface area contributed by atoms with E-state index in [9.17, 15) is 14.7 Å². The molecule has 0 radical (unpaired) electrons. The molecule has 3 N–H and O–H groups in total. The Kier molecular flexibility index (Phi) is 4.48. The third kappa shape index (κ3) is 2.89. The number of nitrogens with zero attached hydrogens (tertiary/aromatic N) is 1. The molecule has 0 spiro atoms. The highest BCUT2D eigenvalue weighted by Crippen LogP contribution is 2.39. The fourth-order valence-corrected chi connectivity index (χ4v) is 4.03. The molecule has 2 atom stereocenters. The lowest BCUT2D eigenvalue weighted by molar-refractivity contribution is -0.147. The second-order valence-corrected chi connectivity index (χ2v) is 6.70. The number of carboxylic acids is 1. The van der Waals surface area contributed by atoms with E-state index in [0.29, 0.717) is 17.2 Å². The minimum atomic E-state index is -1.10. The van der Waals surface area contributed by atoms with Gasteiger partial charge in [0.1, 0.15) is 17.1 Å². The van der Waals surface area contributed by atoms with Crippen LogP contribution in [0.3, 0.4) is 0 Å². The van der Waals surface area contributed by atoms with Gasteiger partial charge in [-0.1, -0.05) is 36.4 Å². The summed E-state index contributed by atoms with van der Waals surface area (Å²) in [5.74, 6) is -0.474. The molecule has 0 aliphatic carbocycles. The number of fused-ring (bicyclic) bond motifs is 1. The number of halogens is 1. The van der Waals surface area contributed by atoms with Gasteiger partial charge >= 0.3 is 5.97 Å². The Morgan fingerprint density at radius 3 is 2.70 bits per heavy atom. The zero-order valence-corrected chi connectivity index (χ0v) is 13.7. The molecule has 2 aliphatic heterocycles. The van der Waals surface area contributed by atoms with Crippen LogP contribution in [0.2, 0.25) is 0 Å². The van der Waals surface area contributed by atoms with Crippen molar-refractivity contribution >= 4 is 41.3 Å². The van der Waals surface area contributed by atoms with Crippen molar-refractivity contribution in [1.82, 2.24) is 4.90 Å². The van der Waals surface area contributed by atoms with Crippen LogP contribution in [0.4, 0.5) is 0 Å². The van der Waals surface area contributed by atoms with E-state index >= 15 is 0 Å². The maximum atomic E-state index is 11.9. The molecule has 23 heavy (non-hydrogen) atoms. The van der Waals surface area contributed by atoms with Gasteiger partial charge in [0.2, 0.25) is 5.91 Å². The number of aliphatic carboxylic acids is 1. The number of thioether (sulfide) groups is 1. The molecule has 1 saturated heterocycles. The van der Waals surface area contributed by atoms with Crippen LogP contribution in [-0.2, 0) is 15.5 Å². The van der Waals surface area contributed by atoms with E-state index in [1.54, 1.807) is 6.08 Å². The van der Waals surface area contributed by atoms with Gasteiger partial charge in [0.05, 0.1) is 0 Å². The molecule has 2 heterocycles. The Hall–Kier alpha value is -1.76. The zero-order chi connectivity index (χ0) is 16.6. The Morgan fingerprint density at radius 2 is 2.09 bits per heavy atom. The van der Waals surface area contributed by atoms with Crippen molar-refractivity contribution in [3.8, 4) is 0 Å². The molecule has 1 aromatic rings. The van der Waals surface area contributed by atoms with Crippen molar-refractivity contribution in [3.63, 3.8) is 0 Å². The van der Waals surface area contributed by atoms with Crippen LogP contribution < -0.4 is 5.73 Å². The van der Waals surface area contributed by atoms with E-state index in [-0.39, 0.29) is 17.0 Å². The minimum Gasteiger partial charge on any atom is -0.477 e. The minimum absolute atomic E-state index is 0.0362. The Labute approximate surface area is 142 Å². The van der Waals surface area contributed by atoms with Crippen LogP contribution in [0.1, 0.15) is 11.1 Å². The molecule has 7 heteroatoms. The van der Waals surface area contributed by atoms with Gasteiger partial charge in [0.25, 0.3) is 0 Å². The molecule has 3 rings (SSSR count). The van der Waals surface area contributed by atoms with Crippen LogP contribution in [0.25, 0.3) is 6.08 Å². The highest BCUT2D eigenvalue weighted by atomic mass is 35.5. The molecule has 1 aromatic carbocycles. The van der Waals surface area contributed by atoms with Gasteiger partial charge < -0.3 is 10.8 Å². The number of carboxylic acid groups (broad SMARTS) is 1. The van der Waals surface area contributed by atoms with Gasteiger partial charge in [-0.15, -0.1) is 23.4 Å². The number of benzene rings is 1. The summed E-state index contributed by atoms with van der Waals surface area (Å²) in [6, 6.07) is 7.06. The normalized spacial score (nSPS) is 23.9. The molecule has 0 saturated carbocycles. The van der Waals surface area contributed by atoms with Gasteiger partial charge in [-0.2, -0.15) is 0 Å². The number of β-lactam (4-membered cyclic amide) rings is 1. The van der Waals surface area contributed by atoms with E-state index in [0.717, 1.165) is 11.1 Å². The molecule has 1 fully saturated rings. The first-order valence-corrected chi connectivity index (χ1v) is 8.61. The molecule has 120 valence electrons. The van der Waals surface area contributed by atoms with E-state index in [2.05, 4.69) is 0 Å². The monoisotopic (exact) mass is 350 g/mol. The molecule has 5 nitrogen and oxygen atoms in total. The summed E-state index contributed by atoms with van der Waals surface area (Å²) < 4.78 is 0. The first-order valence-electron chi connectivity index (χ1n) is 7.02. The Morgan fingerprint density at radius 1 is 1.39 bits per heavy atom. The number of allylic oxidation sites excluding steroid dienone is 1. The number of nitrogens with two attached hydrogens (primary N) is 1. The van der Waals surface area contributed by atoms with E-state index in [1.165, 1.54) is 16.7 Å². The average Bonchev–Trinajstić information content (AvgIpc) is 2.58. The molecule has 2 aliphatic rings. The summed E-state index contributed by atoms with van der Waals surface area (Å²) in [7, 11) is 0. The number of rotatable bonds is 4. The van der Waals surface area contributed by atoms with Crippen LogP contribution in [0.5, 0.6) is 0 Å². The highest BCUT2D eigenvalue weighted by Gasteiger charge is 2.51. The quantitative estimate of drug-likeness (QED) is 0.641. The first-order chi connectivity index (χ1) is 11.0. The number of carbonyl (C=O) groups is 2. The van der Waals surface area contributed by atoms with Gasteiger partial charge in [0, 0.05) is 11.6 Å². The maximum Gasteiger partial charge on any atom is 0.352 e. The Balaban J connectivity index is 1.88. The SMILES string of the molecule is NC1C(=O)N2C(C(=O)O)=C(C=Cc3ccc(CCl)cc3)CS[C@@H]12. The van der Waals surface area contributed by atoms with Gasteiger partial charge in [-0.05, 0) is 16.7 Å². The molecule has 0 bridgehead atoms. The van der Waals surface area contributed by atoms with Crippen LogP contribution in [0, 0.1) is 0 Å². The van der Waals surface area contributed by atoms with Crippen molar-refractivity contribution in [2.45, 2.75) is 17.3 Å². The second-order valence-electron chi connectivity index (χ2n) is 5.32.